The Hall–Kier alpha value is 0. The predicted molar refractivity (Wildman–Crippen MR) is 46.0 cm³/mol. The Kier molecular flexibility index (Phi) is 1.82. The first kappa shape index (κ1) is 8.10. The average Bonchev–Trinajstić information content (AvgIpc) is 1.89. The highest BCUT2D eigenvalue weighted by Crippen LogP contribution is 2.60. The molecule has 0 bridgehead atoms. The molecule has 0 aromatic carbocycles. The molecule has 0 heterocycles. The molecule has 0 aliphatic heterocycles. The van der Waals surface area contributed by atoms with Crippen LogP contribution in [0.15, 0.2) is 0 Å². The first-order valence-electron chi connectivity index (χ1n) is 4.58. The molecule has 1 fully saturated rings. The molecule has 0 spiro atoms. The van der Waals surface area contributed by atoms with Crippen LogP contribution in [-0.4, -0.2) is 0 Å². The van der Waals surface area contributed by atoms with Crippen molar-refractivity contribution in [2.45, 2.75) is 53.4 Å². The molecule has 0 aromatic heterocycles. The second-order valence-electron chi connectivity index (χ2n) is 4.37. The van der Waals surface area contributed by atoms with Crippen LogP contribution in [0.1, 0.15) is 53.4 Å². The van der Waals surface area contributed by atoms with Gasteiger partial charge in [-0.05, 0) is 36.5 Å². The monoisotopic (exact) mass is 140 g/mol. The molecule has 0 unspecified atom stereocenters. The highest BCUT2D eigenvalue weighted by molar-refractivity contribution is 4.99. The SMILES string of the molecule is CCC1(CC)CCC1(C)C. The molecule has 0 amide bonds. The van der Waals surface area contributed by atoms with Gasteiger partial charge < -0.3 is 0 Å². The van der Waals surface area contributed by atoms with Crippen molar-refractivity contribution < 1.29 is 0 Å². The summed E-state index contributed by atoms with van der Waals surface area (Å²) in [6.07, 6.45) is 5.65. The average molecular weight is 140 g/mol. The lowest BCUT2D eigenvalue weighted by molar-refractivity contribution is -0.0581. The summed E-state index contributed by atoms with van der Waals surface area (Å²) in [4.78, 5) is 0. The molecule has 0 saturated heterocycles. The molecule has 10 heavy (non-hydrogen) atoms. The topological polar surface area (TPSA) is 0 Å². The maximum atomic E-state index is 2.42. The van der Waals surface area contributed by atoms with Gasteiger partial charge in [-0.1, -0.05) is 27.7 Å². The van der Waals surface area contributed by atoms with Gasteiger partial charge in [-0.15, -0.1) is 0 Å². The lowest BCUT2D eigenvalue weighted by Gasteiger charge is -2.56. The van der Waals surface area contributed by atoms with E-state index >= 15 is 0 Å². The molecule has 0 N–H and O–H groups in total. The van der Waals surface area contributed by atoms with Gasteiger partial charge in [0.25, 0.3) is 0 Å². The number of hydrogen-bond donors (Lipinski definition) is 0. The summed E-state index contributed by atoms with van der Waals surface area (Å²) < 4.78 is 0. The van der Waals surface area contributed by atoms with Crippen LogP contribution in [0.5, 0.6) is 0 Å². The van der Waals surface area contributed by atoms with Crippen LogP contribution in [0.3, 0.4) is 0 Å². The van der Waals surface area contributed by atoms with E-state index in [2.05, 4.69) is 27.7 Å². The molecule has 0 atom stereocenters. The van der Waals surface area contributed by atoms with Crippen molar-refractivity contribution in [2.24, 2.45) is 10.8 Å². The van der Waals surface area contributed by atoms with E-state index in [1.165, 1.54) is 25.7 Å². The molecular weight excluding hydrogens is 120 g/mol. The van der Waals surface area contributed by atoms with E-state index < -0.39 is 0 Å². The van der Waals surface area contributed by atoms with Crippen LogP contribution in [0.4, 0.5) is 0 Å². The van der Waals surface area contributed by atoms with Crippen molar-refractivity contribution >= 4 is 0 Å². The molecule has 0 heteroatoms. The first-order valence-corrected chi connectivity index (χ1v) is 4.58. The molecule has 60 valence electrons. The minimum Gasteiger partial charge on any atom is -0.0648 e. The van der Waals surface area contributed by atoms with E-state index in [1.54, 1.807) is 0 Å². The first-order chi connectivity index (χ1) is 4.58. The fourth-order valence-corrected chi connectivity index (χ4v) is 2.54. The normalized spacial score (nSPS) is 27.6. The summed E-state index contributed by atoms with van der Waals surface area (Å²) in [5, 5.41) is 0. The zero-order valence-corrected chi connectivity index (χ0v) is 7.83. The van der Waals surface area contributed by atoms with E-state index in [1.807, 2.05) is 0 Å². The van der Waals surface area contributed by atoms with Crippen molar-refractivity contribution in [1.82, 2.24) is 0 Å². The van der Waals surface area contributed by atoms with Gasteiger partial charge in [0.2, 0.25) is 0 Å². The third kappa shape index (κ3) is 0.810. The van der Waals surface area contributed by atoms with Gasteiger partial charge >= 0.3 is 0 Å². The van der Waals surface area contributed by atoms with Gasteiger partial charge in [0.15, 0.2) is 0 Å². The third-order valence-electron chi connectivity index (χ3n) is 4.02. The minimum atomic E-state index is 0.635. The Balaban J connectivity index is 2.67. The lowest BCUT2D eigenvalue weighted by Crippen LogP contribution is -2.46. The van der Waals surface area contributed by atoms with Crippen LogP contribution >= 0.6 is 0 Å². The van der Waals surface area contributed by atoms with E-state index in [9.17, 15) is 0 Å². The molecule has 0 radical (unpaired) electrons. The van der Waals surface area contributed by atoms with Crippen LogP contribution < -0.4 is 0 Å². The van der Waals surface area contributed by atoms with Gasteiger partial charge in [0, 0.05) is 0 Å². The fourth-order valence-electron chi connectivity index (χ4n) is 2.54. The maximum absolute atomic E-state index is 2.42. The fraction of sp³-hybridized carbons (Fsp3) is 1.00. The summed E-state index contributed by atoms with van der Waals surface area (Å²) >= 11 is 0. The van der Waals surface area contributed by atoms with Crippen molar-refractivity contribution in [3.63, 3.8) is 0 Å². The summed E-state index contributed by atoms with van der Waals surface area (Å²) in [7, 11) is 0. The molecule has 0 aromatic rings. The van der Waals surface area contributed by atoms with Crippen LogP contribution in [0, 0.1) is 10.8 Å². The summed E-state index contributed by atoms with van der Waals surface area (Å²) in [6.45, 7) is 9.52. The van der Waals surface area contributed by atoms with Gasteiger partial charge in [-0.2, -0.15) is 0 Å². The molecular formula is C10H20. The second-order valence-corrected chi connectivity index (χ2v) is 4.37. The Morgan fingerprint density at radius 2 is 1.50 bits per heavy atom. The molecule has 1 aliphatic carbocycles. The van der Waals surface area contributed by atoms with E-state index in [0.717, 1.165) is 0 Å². The second kappa shape index (κ2) is 2.25. The van der Waals surface area contributed by atoms with Crippen LogP contribution in [0.25, 0.3) is 0 Å². The van der Waals surface area contributed by atoms with Gasteiger partial charge in [0.05, 0.1) is 0 Å². The Labute approximate surface area is 65.0 Å². The number of rotatable bonds is 2. The Morgan fingerprint density at radius 1 is 1.00 bits per heavy atom. The lowest BCUT2D eigenvalue weighted by atomic mass is 9.49. The Morgan fingerprint density at radius 3 is 1.50 bits per heavy atom. The van der Waals surface area contributed by atoms with Crippen LogP contribution in [0.2, 0.25) is 0 Å². The number of hydrogen-bond acceptors (Lipinski definition) is 0. The summed E-state index contributed by atoms with van der Waals surface area (Å²) in [5.41, 5.74) is 1.34. The van der Waals surface area contributed by atoms with Crippen molar-refractivity contribution in [2.75, 3.05) is 0 Å². The van der Waals surface area contributed by atoms with E-state index in [4.69, 9.17) is 0 Å². The van der Waals surface area contributed by atoms with Crippen molar-refractivity contribution in [3.05, 3.63) is 0 Å². The third-order valence-corrected chi connectivity index (χ3v) is 4.02. The van der Waals surface area contributed by atoms with Crippen molar-refractivity contribution in [3.8, 4) is 0 Å². The van der Waals surface area contributed by atoms with Crippen molar-refractivity contribution in [1.29, 1.82) is 0 Å². The maximum Gasteiger partial charge on any atom is -0.0251 e. The van der Waals surface area contributed by atoms with Gasteiger partial charge in [-0.3, -0.25) is 0 Å². The zero-order valence-electron chi connectivity index (χ0n) is 7.83. The quantitative estimate of drug-likeness (QED) is 0.549. The molecule has 0 nitrogen and oxygen atoms in total. The zero-order chi connectivity index (χ0) is 7.83. The molecule has 1 aliphatic rings. The smallest absolute Gasteiger partial charge is 0.0251 e. The summed E-state index contributed by atoms with van der Waals surface area (Å²) in [5.74, 6) is 0. The largest absolute Gasteiger partial charge is 0.0648 e. The standard InChI is InChI=1S/C10H20/c1-5-10(6-2)8-7-9(10,3)4/h5-8H2,1-4H3. The highest BCUT2D eigenvalue weighted by Gasteiger charge is 2.49. The Bertz CT molecular complexity index is 112. The highest BCUT2D eigenvalue weighted by atomic mass is 14.5. The minimum absolute atomic E-state index is 0.635. The van der Waals surface area contributed by atoms with Gasteiger partial charge in [0.1, 0.15) is 0 Å². The van der Waals surface area contributed by atoms with Crippen LogP contribution in [-0.2, 0) is 0 Å². The summed E-state index contributed by atoms with van der Waals surface area (Å²) in [6, 6.07) is 0. The van der Waals surface area contributed by atoms with Gasteiger partial charge in [-0.25, -0.2) is 0 Å². The van der Waals surface area contributed by atoms with E-state index in [-0.39, 0.29) is 0 Å². The molecule has 1 rings (SSSR count). The predicted octanol–water partition coefficient (Wildman–Crippen LogP) is 3.61. The molecule has 1 saturated carbocycles. The van der Waals surface area contributed by atoms with E-state index in [0.29, 0.717) is 10.8 Å².